The Morgan fingerprint density at radius 2 is 1.26 bits per heavy atom. The molecule has 2 aromatic rings. The molecule has 124 valence electrons. The number of ether oxygens (including phenoxy) is 2. The van der Waals surface area contributed by atoms with Crippen LogP contribution in [0.3, 0.4) is 0 Å². The summed E-state index contributed by atoms with van der Waals surface area (Å²) in [6.07, 6.45) is 0. The van der Waals surface area contributed by atoms with Gasteiger partial charge in [-0.3, -0.25) is 0 Å². The van der Waals surface area contributed by atoms with Crippen LogP contribution in [0.15, 0.2) is 36.4 Å². The lowest BCUT2D eigenvalue weighted by molar-refractivity contribution is 0.340. The summed E-state index contributed by atoms with van der Waals surface area (Å²) in [6, 6.07) is 12.5. The van der Waals surface area contributed by atoms with Crippen molar-refractivity contribution < 1.29 is 9.47 Å². The zero-order valence-corrected chi connectivity index (χ0v) is 15.1. The third-order valence-electron chi connectivity index (χ3n) is 4.01. The molecule has 0 N–H and O–H groups in total. The lowest BCUT2D eigenvalue weighted by atomic mass is 9.87. The van der Waals surface area contributed by atoms with Crippen molar-refractivity contribution in [3.8, 4) is 11.5 Å². The predicted molar refractivity (Wildman–Crippen MR) is 97.3 cm³/mol. The van der Waals surface area contributed by atoms with Gasteiger partial charge in [0.25, 0.3) is 0 Å². The second-order valence-electron chi connectivity index (χ2n) is 5.61. The van der Waals surface area contributed by atoms with E-state index in [1.165, 1.54) is 22.3 Å². The molecule has 0 saturated heterocycles. The first-order valence-electron chi connectivity index (χ1n) is 8.13. The number of halogens is 1. The maximum absolute atomic E-state index is 6.32. The smallest absolute Gasteiger partial charge is 0.119 e. The van der Waals surface area contributed by atoms with Gasteiger partial charge in [0.1, 0.15) is 11.5 Å². The molecule has 0 aliphatic rings. The molecule has 0 heterocycles. The second kappa shape index (κ2) is 8.26. The van der Waals surface area contributed by atoms with Gasteiger partial charge < -0.3 is 9.47 Å². The van der Waals surface area contributed by atoms with Gasteiger partial charge in [-0.1, -0.05) is 12.1 Å². The largest absolute Gasteiger partial charge is 0.494 e. The zero-order valence-electron chi connectivity index (χ0n) is 14.4. The van der Waals surface area contributed by atoms with Gasteiger partial charge in [-0.2, -0.15) is 0 Å². The van der Waals surface area contributed by atoms with E-state index < -0.39 is 0 Å². The van der Waals surface area contributed by atoms with E-state index in [0.29, 0.717) is 19.1 Å². The monoisotopic (exact) mass is 332 g/mol. The number of rotatable bonds is 7. The molecular weight excluding hydrogens is 308 g/mol. The fourth-order valence-electron chi connectivity index (χ4n) is 2.92. The predicted octanol–water partition coefficient (Wildman–Crippen LogP) is 5.47. The van der Waals surface area contributed by atoms with Crippen molar-refractivity contribution in [2.24, 2.45) is 0 Å². The van der Waals surface area contributed by atoms with E-state index in [1.807, 2.05) is 26.0 Å². The topological polar surface area (TPSA) is 18.5 Å². The Balaban J connectivity index is 2.36. The van der Waals surface area contributed by atoms with E-state index in [1.54, 1.807) is 0 Å². The van der Waals surface area contributed by atoms with E-state index in [0.717, 1.165) is 11.5 Å². The SMILES string of the molecule is CCOc1ccc(C(CCl)c2ccc(OCC)cc2C)c(C)c1. The summed E-state index contributed by atoms with van der Waals surface area (Å²) in [5, 5.41) is 0. The van der Waals surface area contributed by atoms with Crippen molar-refractivity contribution in [1.29, 1.82) is 0 Å². The number of hydrogen-bond donors (Lipinski definition) is 0. The lowest BCUT2D eigenvalue weighted by Crippen LogP contribution is -2.07. The molecule has 0 atom stereocenters. The summed E-state index contributed by atoms with van der Waals surface area (Å²) in [5.74, 6) is 2.53. The van der Waals surface area contributed by atoms with E-state index in [-0.39, 0.29) is 5.92 Å². The van der Waals surface area contributed by atoms with Gasteiger partial charge in [-0.15, -0.1) is 11.6 Å². The molecule has 0 radical (unpaired) electrons. The minimum Gasteiger partial charge on any atom is -0.494 e. The fourth-order valence-corrected chi connectivity index (χ4v) is 3.26. The van der Waals surface area contributed by atoms with Crippen LogP contribution in [-0.4, -0.2) is 19.1 Å². The van der Waals surface area contributed by atoms with Gasteiger partial charge in [0, 0.05) is 11.8 Å². The first-order valence-corrected chi connectivity index (χ1v) is 8.66. The van der Waals surface area contributed by atoms with Crippen LogP contribution in [0.5, 0.6) is 11.5 Å². The van der Waals surface area contributed by atoms with E-state index in [4.69, 9.17) is 21.1 Å². The van der Waals surface area contributed by atoms with Gasteiger partial charge in [0.2, 0.25) is 0 Å². The number of benzene rings is 2. The molecule has 0 spiro atoms. The minimum atomic E-state index is 0.169. The van der Waals surface area contributed by atoms with Crippen molar-refractivity contribution in [1.82, 2.24) is 0 Å². The first-order chi connectivity index (χ1) is 11.1. The van der Waals surface area contributed by atoms with Gasteiger partial charge in [0.05, 0.1) is 13.2 Å². The number of aryl methyl sites for hydroxylation is 2. The molecule has 2 aromatic carbocycles. The highest BCUT2D eigenvalue weighted by molar-refractivity contribution is 6.18. The van der Waals surface area contributed by atoms with Crippen LogP contribution < -0.4 is 9.47 Å². The standard InChI is InChI=1S/C20H25ClO2/c1-5-22-16-7-9-18(14(3)11-16)20(13-21)19-10-8-17(23-6-2)12-15(19)4/h7-12,20H,5-6,13H2,1-4H3. The molecule has 23 heavy (non-hydrogen) atoms. The van der Waals surface area contributed by atoms with Gasteiger partial charge in [-0.05, 0) is 74.2 Å². The Morgan fingerprint density at radius 1 is 0.826 bits per heavy atom. The number of hydrogen-bond acceptors (Lipinski definition) is 2. The number of alkyl halides is 1. The maximum Gasteiger partial charge on any atom is 0.119 e. The second-order valence-corrected chi connectivity index (χ2v) is 5.92. The summed E-state index contributed by atoms with van der Waals surface area (Å²) >= 11 is 6.32. The van der Waals surface area contributed by atoms with Gasteiger partial charge in [-0.25, -0.2) is 0 Å². The molecule has 0 aromatic heterocycles. The van der Waals surface area contributed by atoms with Crippen LogP contribution in [0.2, 0.25) is 0 Å². The van der Waals surface area contributed by atoms with Gasteiger partial charge >= 0.3 is 0 Å². The molecule has 0 aliphatic heterocycles. The first kappa shape index (κ1) is 17.7. The Hall–Kier alpha value is -1.67. The van der Waals surface area contributed by atoms with E-state index in [9.17, 15) is 0 Å². The third-order valence-corrected chi connectivity index (χ3v) is 4.32. The molecule has 2 nitrogen and oxygen atoms in total. The molecule has 2 rings (SSSR count). The molecule has 0 aliphatic carbocycles. The van der Waals surface area contributed by atoms with Crippen molar-refractivity contribution in [2.75, 3.05) is 19.1 Å². The molecule has 3 heteroatoms. The molecule has 0 bridgehead atoms. The van der Waals surface area contributed by atoms with Crippen molar-refractivity contribution in [2.45, 2.75) is 33.6 Å². The van der Waals surface area contributed by atoms with E-state index in [2.05, 4.69) is 38.1 Å². The average Bonchev–Trinajstić information content (AvgIpc) is 2.52. The van der Waals surface area contributed by atoms with Gasteiger partial charge in [0.15, 0.2) is 0 Å². The van der Waals surface area contributed by atoms with Crippen molar-refractivity contribution in [3.63, 3.8) is 0 Å². The van der Waals surface area contributed by atoms with Crippen LogP contribution in [0, 0.1) is 13.8 Å². The normalized spacial score (nSPS) is 10.9. The third kappa shape index (κ3) is 4.20. The Kier molecular flexibility index (Phi) is 6.35. The molecule has 0 unspecified atom stereocenters. The molecular formula is C20H25ClO2. The maximum atomic E-state index is 6.32. The van der Waals surface area contributed by atoms with Crippen LogP contribution in [0.1, 0.15) is 42.0 Å². The zero-order chi connectivity index (χ0) is 16.8. The fraction of sp³-hybridized carbons (Fsp3) is 0.400. The summed E-state index contributed by atoms with van der Waals surface area (Å²) in [5.41, 5.74) is 4.90. The highest BCUT2D eigenvalue weighted by Crippen LogP contribution is 2.33. The minimum absolute atomic E-state index is 0.169. The highest BCUT2D eigenvalue weighted by atomic mass is 35.5. The lowest BCUT2D eigenvalue weighted by Gasteiger charge is -2.21. The van der Waals surface area contributed by atoms with Crippen LogP contribution >= 0.6 is 11.6 Å². The summed E-state index contributed by atoms with van der Waals surface area (Å²) in [4.78, 5) is 0. The highest BCUT2D eigenvalue weighted by Gasteiger charge is 2.18. The van der Waals surface area contributed by atoms with Crippen LogP contribution in [0.4, 0.5) is 0 Å². The Morgan fingerprint density at radius 3 is 1.57 bits per heavy atom. The average molecular weight is 333 g/mol. The summed E-state index contributed by atoms with van der Waals surface area (Å²) in [7, 11) is 0. The molecule has 0 amide bonds. The summed E-state index contributed by atoms with van der Waals surface area (Å²) < 4.78 is 11.2. The van der Waals surface area contributed by atoms with Crippen molar-refractivity contribution in [3.05, 3.63) is 58.7 Å². The van der Waals surface area contributed by atoms with Crippen LogP contribution in [-0.2, 0) is 0 Å². The Bertz CT molecular complexity index is 597. The molecule has 0 fully saturated rings. The summed E-state index contributed by atoms with van der Waals surface area (Å²) in [6.45, 7) is 9.57. The quantitative estimate of drug-likeness (QED) is 0.626. The van der Waals surface area contributed by atoms with E-state index >= 15 is 0 Å². The van der Waals surface area contributed by atoms with Crippen molar-refractivity contribution >= 4 is 11.6 Å². The Labute approximate surface area is 144 Å². The van der Waals surface area contributed by atoms with Crippen LogP contribution in [0.25, 0.3) is 0 Å². The molecule has 0 saturated carbocycles.